The Labute approximate surface area is 181 Å². The lowest BCUT2D eigenvalue weighted by molar-refractivity contribution is -0.128. The van der Waals surface area contributed by atoms with Crippen molar-refractivity contribution >= 4 is 23.7 Å². The maximum atomic E-state index is 12.2. The number of nitrogens with zero attached hydrogens (tertiary/aromatic N) is 1. The molecule has 0 aromatic heterocycles. The minimum absolute atomic E-state index is 0.381. The van der Waals surface area contributed by atoms with E-state index in [1.54, 1.807) is 50.6 Å². The molecule has 0 fully saturated rings. The highest BCUT2D eigenvalue weighted by atomic mass is 16.5. The number of para-hydroxylation sites is 1. The van der Waals surface area contributed by atoms with Gasteiger partial charge in [-0.25, -0.2) is 4.79 Å². The fourth-order valence-corrected chi connectivity index (χ4v) is 2.93. The van der Waals surface area contributed by atoms with Gasteiger partial charge in [0.2, 0.25) is 0 Å². The van der Waals surface area contributed by atoms with E-state index >= 15 is 0 Å². The Bertz CT molecular complexity index is 1170. The number of carbonyl (C=O) groups excluding carboxylic acids is 1. The van der Waals surface area contributed by atoms with E-state index in [2.05, 4.69) is 6.07 Å². The predicted octanol–water partition coefficient (Wildman–Crippen LogP) is 5.39. The number of rotatable bonds is 7. The molecule has 154 valence electrons. The molecule has 0 bridgehead atoms. The van der Waals surface area contributed by atoms with Gasteiger partial charge in [0.25, 0.3) is 0 Å². The third kappa shape index (κ3) is 5.84. The molecule has 0 radical (unpaired) electrons. The summed E-state index contributed by atoms with van der Waals surface area (Å²) in [4.78, 5) is 12.2. The molecule has 0 aliphatic carbocycles. The molecule has 0 N–H and O–H groups in total. The average molecular weight is 411 g/mol. The normalized spacial score (nSPS) is 11.1. The van der Waals surface area contributed by atoms with Crippen molar-refractivity contribution in [3.63, 3.8) is 0 Å². The number of benzene rings is 3. The number of methoxy groups -OCH3 is 2. The second-order valence-corrected chi connectivity index (χ2v) is 6.47. The van der Waals surface area contributed by atoms with Gasteiger partial charge in [0.15, 0.2) is 0 Å². The lowest BCUT2D eigenvalue weighted by atomic mass is 10.0. The highest BCUT2D eigenvalue weighted by molar-refractivity contribution is 5.92. The van der Waals surface area contributed by atoms with Crippen molar-refractivity contribution < 1.29 is 19.0 Å². The number of esters is 1. The van der Waals surface area contributed by atoms with E-state index in [0.717, 1.165) is 11.1 Å². The fraction of sp³-hybridized carbons (Fsp3) is 0.0769. The lowest BCUT2D eigenvalue weighted by Gasteiger charge is -2.07. The maximum Gasteiger partial charge on any atom is 0.336 e. The smallest absolute Gasteiger partial charge is 0.336 e. The molecule has 0 aliphatic heterocycles. The Morgan fingerprint density at radius 2 is 1.58 bits per heavy atom. The molecule has 0 saturated heterocycles. The summed E-state index contributed by atoms with van der Waals surface area (Å²) in [5, 5.41) is 9.61. The second-order valence-electron chi connectivity index (χ2n) is 6.47. The van der Waals surface area contributed by atoms with Crippen molar-refractivity contribution in [3.8, 4) is 23.3 Å². The summed E-state index contributed by atoms with van der Waals surface area (Å²) in [5.74, 6) is 1.19. The third-order valence-corrected chi connectivity index (χ3v) is 4.41. The van der Waals surface area contributed by atoms with E-state index in [1.165, 1.54) is 6.08 Å². The summed E-state index contributed by atoms with van der Waals surface area (Å²) >= 11 is 0. The summed E-state index contributed by atoms with van der Waals surface area (Å²) in [6.07, 6.45) is 4.73. The SMILES string of the molecule is COc1cccc(/C=C/C(=O)Oc2cccc(/C=C(/C#N)c3ccccc3OC)c2)c1. The van der Waals surface area contributed by atoms with Gasteiger partial charge in [0.1, 0.15) is 17.2 Å². The highest BCUT2D eigenvalue weighted by Crippen LogP contribution is 2.27. The first-order chi connectivity index (χ1) is 15.1. The number of allylic oxidation sites excluding steroid dienone is 1. The van der Waals surface area contributed by atoms with Crippen LogP contribution in [-0.2, 0) is 4.79 Å². The molecule has 0 amide bonds. The summed E-state index contributed by atoms with van der Waals surface area (Å²) in [6.45, 7) is 0. The number of hydrogen-bond donors (Lipinski definition) is 0. The van der Waals surface area contributed by atoms with Crippen LogP contribution in [0.1, 0.15) is 16.7 Å². The van der Waals surface area contributed by atoms with E-state index in [9.17, 15) is 10.1 Å². The van der Waals surface area contributed by atoms with Crippen LogP contribution in [-0.4, -0.2) is 20.2 Å². The molecule has 0 saturated carbocycles. The van der Waals surface area contributed by atoms with Gasteiger partial charge in [0.05, 0.1) is 25.9 Å². The second kappa shape index (κ2) is 10.5. The average Bonchev–Trinajstić information content (AvgIpc) is 2.81. The van der Waals surface area contributed by atoms with Gasteiger partial charge in [-0.15, -0.1) is 0 Å². The van der Waals surface area contributed by atoms with Crippen LogP contribution in [0.15, 0.2) is 78.9 Å². The summed E-state index contributed by atoms with van der Waals surface area (Å²) in [5.41, 5.74) is 2.68. The number of hydrogen-bond acceptors (Lipinski definition) is 5. The Hall–Kier alpha value is -4.30. The predicted molar refractivity (Wildman–Crippen MR) is 121 cm³/mol. The zero-order valence-electron chi connectivity index (χ0n) is 17.2. The minimum atomic E-state index is -0.505. The van der Waals surface area contributed by atoms with Crippen molar-refractivity contribution in [3.05, 3.63) is 95.6 Å². The van der Waals surface area contributed by atoms with Gasteiger partial charge in [-0.1, -0.05) is 36.4 Å². The largest absolute Gasteiger partial charge is 0.497 e. The Kier molecular flexibility index (Phi) is 7.23. The number of carbonyl (C=O) groups is 1. The summed E-state index contributed by atoms with van der Waals surface area (Å²) in [7, 11) is 3.15. The lowest BCUT2D eigenvalue weighted by Crippen LogP contribution is -2.03. The molecule has 0 unspecified atom stereocenters. The minimum Gasteiger partial charge on any atom is -0.497 e. The van der Waals surface area contributed by atoms with Crippen LogP contribution < -0.4 is 14.2 Å². The van der Waals surface area contributed by atoms with Gasteiger partial charge in [-0.2, -0.15) is 5.26 Å². The zero-order chi connectivity index (χ0) is 22.1. The third-order valence-electron chi connectivity index (χ3n) is 4.41. The van der Waals surface area contributed by atoms with Crippen LogP contribution in [0.25, 0.3) is 17.7 Å². The van der Waals surface area contributed by atoms with Crippen LogP contribution >= 0.6 is 0 Å². The molecular formula is C26H21NO4. The summed E-state index contributed by atoms with van der Waals surface area (Å²) in [6, 6.07) is 23.8. The van der Waals surface area contributed by atoms with E-state index in [-0.39, 0.29) is 0 Å². The quantitative estimate of drug-likeness (QED) is 0.171. The van der Waals surface area contributed by atoms with Gasteiger partial charge in [-0.3, -0.25) is 0 Å². The first-order valence-electron chi connectivity index (χ1n) is 9.52. The molecule has 0 aliphatic rings. The standard InChI is InChI=1S/C26H21NO4/c1-29-22-9-5-7-19(16-22)13-14-26(28)31-23-10-6-8-20(17-23)15-21(18-27)24-11-3-4-12-25(24)30-2/h3-17H,1-2H3/b14-13+,21-15-. The molecule has 3 aromatic rings. The fourth-order valence-electron chi connectivity index (χ4n) is 2.93. The van der Waals surface area contributed by atoms with Gasteiger partial charge in [0, 0.05) is 11.6 Å². The van der Waals surface area contributed by atoms with Crippen molar-refractivity contribution in [2.24, 2.45) is 0 Å². The Morgan fingerprint density at radius 3 is 2.32 bits per heavy atom. The molecule has 3 rings (SSSR count). The Balaban J connectivity index is 1.76. The molecule has 3 aromatic carbocycles. The van der Waals surface area contributed by atoms with Crippen molar-refractivity contribution in [2.45, 2.75) is 0 Å². The molecule has 31 heavy (non-hydrogen) atoms. The van der Waals surface area contributed by atoms with Crippen molar-refractivity contribution in [1.82, 2.24) is 0 Å². The van der Waals surface area contributed by atoms with Crippen molar-refractivity contribution in [1.29, 1.82) is 5.26 Å². The van der Waals surface area contributed by atoms with Gasteiger partial charge in [-0.05, 0) is 59.7 Å². The van der Waals surface area contributed by atoms with Crippen LogP contribution in [0.4, 0.5) is 0 Å². The van der Waals surface area contributed by atoms with Crippen LogP contribution in [0.3, 0.4) is 0 Å². The Morgan fingerprint density at radius 1 is 0.871 bits per heavy atom. The topological polar surface area (TPSA) is 68.5 Å². The van der Waals surface area contributed by atoms with Crippen LogP contribution in [0.5, 0.6) is 17.2 Å². The molecular weight excluding hydrogens is 390 g/mol. The number of nitriles is 1. The summed E-state index contributed by atoms with van der Waals surface area (Å²) < 4.78 is 15.9. The van der Waals surface area contributed by atoms with E-state index in [4.69, 9.17) is 14.2 Å². The molecule has 0 heterocycles. The first kappa shape index (κ1) is 21.4. The van der Waals surface area contributed by atoms with Crippen molar-refractivity contribution in [2.75, 3.05) is 14.2 Å². The van der Waals surface area contributed by atoms with Gasteiger partial charge < -0.3 is 14.2 Å². The monoisotopic (exact) mass is 411 g/mol. The van der Waals surface area contributed by atoms with Gasteiger partial charge >= 0.3 is 5.97 Å². The molecule has 0 spiro atoms. The van der Waals surface area contributed by atoms with Crippen LogP contribution in [0.2, 0.25) is 0 Å². The van der Waals surface area contributed by atoms with E-state index < -0.39 is 5.97 Å². The zero-order valence-corrected chi connectivity index (χ0v) is 17.2. The molecule has 5 heteroatoms. The van der Waals surface area contributed by atoms with E-state index in [0.29, 0.717) is 28.4 Å². The first-order valence-corrected chi connectivity index (χ1v) is 9.52. The molecule has 0 atom stereocenters. The van der Waals surface area contributed by atoms with Crippen LogP contribution in [0, 0.1) is 11.3 Å². The number of ether oxygens (including phenoxy) is 3. The van der Waals surface area contributed by atoms with E-state index in [1.807, 2.05) is 48.5 Å². The molecule has 5 nitrogen and oxygen atoms in total. The maximum absolute atomic E-state index is 12.2. The highest BCUT2D eigenvalue weighted by Gasteiger charge is 2.08.